The number of phenolic OH excluding ortho intramolecular Hbond substituents is 2. The molecule has 0 bridgehead atoms. The van der Waals surface area contributed by atoms with E-state index in [1.165, 1.54) is 0 Å². The van der Waals surface area contributed by atoms with Gasteiger partial charge in [-0.3, -0.25) is 10.2 Å². The molecule has 1 rings (SSSR count). The van der Waals surface area contributed by atoms with Crippen LogP contribution in [-0.2, 0) is 4.79 Å². The maximum Gasteiger partial charge on any atom is 0.194 e. The molecule has 0 unspecified atom stereocenters. The van der Waals surface area contributed by atoms with Crippen molar-refractivity contribution in [3.8, 4) is 11.5 Å². The van der Waals surface area contributed by atoms with Crippen molar-refractivity contribution < 1.29 is 19.4 Å². The third kappa shape index (κ3) is 1.71. The summed E-state index contributed by atoms with van der Waals surface area (Å²) in [5.41, 5.74) is -0.482. The zero-order valence-corrected chi connectivity index (χ0v) is 7.34. The molecule has 4 nitrogen and oxygen atoms in total. The standard InChI is InChI=1S/C9H8FNO3/c1-4(12)8(11)5-2-6(10)9(14)7(13)3-5/h2-3,11,13-14H,1H3. The molecular formula is C9H8FNO3. The summed E-state index contributed by atoms with van der Waals surface area (Å²) in [5.74, 6) is -3.18. The fourth-order valence-electron chi connectivity index (χ4n) is 0.932. The van der Waals surface area contributed by atoms with E-state index >= 15 is 0 Å². The summed E-state index contributed by atoms with van der Waals surface area (Å²) < 4.78 is 12.8. The van der Waals surface area contributed by atoms with E-state index in [0.29, 0.717) is 0 Å². The molecule has 5 heteroatoms. The smallest absolute Gasteiger partial charge is 0.194 e. The van der Waals surface area contributed by atoms with Gasteiger partial charge in [-0.25, -0.2) is 4.39 Å². The number of carbonyl (C=O) groups excluding carboxylic acids is 1. The summed E-state index contributed by atoms with van der Waals surface area (Å²) in [6.45, 7) is 1.16. The van der Waals surface area contributed by atoms with Crippen molar-refractivity contribution in [2.45, 2.75) is 6.92 Å². The fourth-order valence-corrected chi connectivity index (χ4v) is 0.932. The minimum Gasteiger partial charge on any atom is -0.504 e. The molecule has 0 aliphatic carbocycles. The number of Topliss-reactive ketones (excluding diaryl/α,β-unsaturated/α-hetero) is 1. The van der Waals surface area contributed by atoms with E-state index in [1.54, 1.807) is 0 Å². The first-order valence-corrected chi connectivity index (χ1v) is 3.75. The van der Waals surface area contributed by atoms with Crippen LogP contribution in [0.3, 0.4) is 0 Å². The first-order valence-electron chi connectivity index (χ1n) is 3.75. The molecule has 0 radical (unpaired) electrons. The molecule has 3 N–H and O–H groups in total. The van der Waals surface area contributed by atoms with Crippen molar-refractivity contribution in [1.29, 1.82) is 5.41 Å². The molecule has 0 spiro atoms. The number of hydrogen-bond donors (Lipinski definition) is 3. The summed E-state index contributed by atoms with van der Waals surface area (Å²) >= 11 is 0. The van der Waals surface area contributed by atoms with E-state index in [9.17, 15) is 9.18 Å². The van der Waals surface area contributed by atoms with Crippen molar-refractivity contribution in [1.82, 2.24) is 0 Å². The van der Waals surface area contributed by atoms with Gasteiger partial charge in [0.05, 0.1) is 0 Å². The van der Waals surface area contributed by atoms with Crippen LogP contribution < -0.4 is 0 Å². The average molecular weight is 197 g/mol. The Bertz CT molecular complexity index is 392. The van der Waals surface area contributed by atoms with Crippen molar-refractivity contribution in [3.63, 3.8) is 0 Å². The molecule has 0 saturated carbocycles. The van der Waals surface area contributed by atoms with Crippen LogP contribution in [0.5, 0.6) is 11.5 Å². The number of ketones is 1. The zero-order valence-electron chi connectivity index (χ0n) is 7.34. The molecule has 0 aromatic heterocycles. The lowest BCUT2D eigenvalue weighted by molar-refractivity contribution is -0.111. The molecule has 1 aromatic carbocycles. The van der Waals surface area contributed by atoms with Gasteiger partial charge in [-0.2, -0.15) is 0 Å². The lowest BCUT2D eigenvalue weighted by atomic mass is 10.1. The maximum absolute atomic E-state index is 12.8. The van der Waals surface area contributed by atoms with Gasteiger partial charge in [-0.1, -0.05) is 0 Å². The Morgan fingerprint density at radius 1 is 1.43 bits per heavy atom. The van der Waals surface area contributed by atoms with Crippen LogP contribution in [0.25, 0.3) is 0 Å². The third-order valence-electron chi connectivity index (χ3n) is 1.68. The van der Waals surface area contributed by atoms with Crippen LogP contribution in [0, 0.1) is 11.2 Å². The Morgan fingerprint density at radius 2 is 2.00 bits per heavy atom. The molecule has 0 fully saturated rings. The fraction of sp³-hybridized carbons (Fsp3) is 0.111. The minimum atomic E-state index is -1.06. The van der Waals surface area contributed by atoms with E-state index in [-0.39, 0.29) is 5.56 Å². The molecule has 1 aromatic rings. The Morgan fingerprint density at radius 3 is 2.43 bits per heavy atom. The van der Waals surface area contributed by atoms with Crippen molar-refractivity contribution in [2.75, 3.05) is 0 Å². The van der Waals surface area contributed by atoms with E-state index in [2.05, 4.69) is 0 Å². The van der Waals surface area contributed by atoms with Crippen molar-refractivity contribution >= 4 is 11.5 Å². The van der Waals surface area contributed by atoms with Crippen LogP contribution in [-0.4, -0.2) is 21.7 Å². The van der Waals surface area contributed by atoms with Crippen molar-refractivity contribution in [2.24, 2.45) is 0 Å². The lowest BCUT2D eigenvalue weighted by Crippen LogP contribution is -2.09. The number of benzene rings is 1. The van der Waals surface area contributed by atoms with Crippen LogP contribution in [0.4, 0.5) is 4.39 Å². The Labute approximate surface area is 79.1 Å². The van der Waals surface area contributed by atoms with E-state index in [1.807, 2.05) is 0 Å². The van der Waals surface area contributed by atoms with Crippen LogP contribution >= 0.6 is 0 Å². The Kier molecular flexibility index (Phi) is 2.51. The summed E-state index contributed by atoms with van der Waals surface area (Å²) in [7, 11) is 0. The van der Waals surface area contributed by atoms with E-state index < -0.39 is 28.8 Å². The van der Waals surface area contributed by atoms with Gasteiger partial charge in [-0.05, 0) is 12.1 Å². The van der Waals surface area contributed by atoms with Gasteiger partial charge in [0, 0.05) is 12.5 Å². The monoisotopic (exact) mass is 197 g/mol. The van der Waals surface area contributed by atoms with Gasteiger partial charge in [0.1, 0.15) is 5.71 Å². The molecule has 0 atom stereocenters. The van der Waals surface area contributed by atoms with Gasteiger partial charge < -0.3 is 10.2 Å². The number of rotatable bonds is 2. The Hall–Kier alpha value is -1.91. The lowest BCUT2D eigenvalue weighted by Gasteiger charge is -2.03. The normalized spacial score (nSPS) is 9.86. The van der Waals surface area contributed by atoms with Crippen LogP contribution in [0.1, 0.15) is 12.5 Å². The summed E-state index contributed by atoms with van der Waals surface area (Å²) in [6.07, 6.45) is 0. The number of carbonyl (C=O) groups is 1. The van der Waals surface area contributed by atoms with Gasteiger partial charge in [0.25, 0.3) is 0 Å². The molecule has 0 amide bonds. The first-order chi connectivity index (χ1) is 6.43. The number of halogens is 1. The summed E-state index contributed by atoms with van der Waals surface area (Å²) in [4.78, 5) is 10.8. The summed E-state index contributed by atoms with van der Waals surface area (Å²) in [6, 6.07) is 1.78. The maximum atomic E-state index is 12.8. The summed E-state index contributed by atoms with van der Waals surface area (Å²) in [5, 5.41) is 25.1. The van der Waals surface area contributed by atoms with Crippen molar-refractivity contribution in [3.05, 3.63) is 23.5 Å². The highest BCUT2D eigenvalue weighted by atomic mass is 19.1. The average Bonchev–Trinajstić information content (AvgIpc) is 2.12. The molecule has 0 aliphatic rings. The predicted octanol–water partition coefficient (Wildman–Crippen LogP) is 1.19. The second-order valence-electron chi connectivity index (χ2n) is 2.76. The molecule has 14 heavy (non-hydrogen) atoms. The highest BCUT2D eigenvalue weighted by Crippen LogP contribution is 2.29. The first kappa shape index (κ1) is 10.2. The van der Waals surface area contributed by atoms with Crippen LogP contribution in [0.2, 0.25) is 0 Å². The topological polar surface area (TPSA) is 81.4 Å². The van der Waals surface area contributed by atoms with Gasteiger partial charge in [0.2, 0.25) is 0 Å². The number of aromatic hydroxyl groups is 2. The largest absolute Gasteiger partial charge is 0.504 e. The SMILES string of the molecule is CC(=O)C(=N)c1cc(O)c(O)c(F)c1. The zero-order chi connectivity index (χ0) is 10.9. The molecule has 0 heterocycles. The number of nitrogens with one attached hydrogen (secondary N) is 1. The quantitative estimate of drug-likeness (QED) is 0.492. The number of hydrogen-bond acceptors (Lipinski definition) is 4. The molecule has 0 aliphatic heterocycles. The molecule has 0 saturated heterocycles. The van der Waals surface area contributed by atoms with Crippen LogP contribution in [0.15, 0.2) is 12.1 Å². The van der Waals surface area contributed by atoms with E-state index in [0.717, 1.165) is 19.1 Å². The minimum absolute atomic E-state index is 0.0645. The highest BCUT2D eigenvalue weighted by Gasteiger charge is 2.13. The van der Waals surface area contributed by atoms with Gasteiger partial charge >= 0.3 is 0 Å². The number of phenols is 2. The second kappa shape index (κ2) is 3.45. The molecular weight excluding hydrogens is 189 g/mol. The highest BCUT2D eigenvalue weighted by molar-refractivity contribution is 6.44. The van der Waals surface area contributed by atoms with Gasteiger partial charge in [-0.15, -0.1) is 0 Å². The van der Waals surface area contributed by atoms with Gasteiger partial charge in [0.15, 0.2) is 23.1 Å². The molecule has 74 valence electrons. The second-order valence-corrected chi connectivity index (χ2v) is 2.76. The predicted molar refractivity (Wildman–Crippen MR) is 47.2 cm³/mol. The Balaban J connectivity index is 3.26. The van der Waals surface area contributed by atoms with E-state index in [4.69, 9.17) is 15.6 Å². The third-order valence-corrected chi connectivity index (χ3v) is 1.68.